The average Bonchev–Trinajstić information content (AvgIpc) is 2.61. The SMILES string of the molecule is C[C@]1(O)CC(=O)O[C@](C)(CCCCCCCCCC=CCc2ccccc2)C1. The van der Waals surface area contributed by atoms with Crippen molar-refractivity contribution in [3.63, 3.8) is 0 Å². The fourth-order valence-corrected chi connectivity index (χ4v) is 4.26. The van der Waals surface area contributed by atoms with Crippen molar-refractivity contribution in [2.75, 3.05) is 0 Å². The molecule has 1 heterocycles. The van der Waals surface area contributed by atoms with Crippen LogP contribution in [0.15, 0.2) is 42.5 Å². The van der Waals surface area contributed by atoms with Gasteiger partial charge in [-0.3, -0.25) is 4.79 Å². The lowest BCUT2D eigenvalue weighted by molar-refractivity contribution is -0.185. The average molecular weight is 387 g/mol. The molecule has 0 unspecified atom stereocenters. The quantitative estimate of drug-likeness (QED) is 0.266. The number of cyclic esters (lactones) is 1. The molecule has 1 N–H and O–H groups in total. The Hall–Kier alpha value is -1.61. The van der Waals surface area contributed by atoms with Gasteiger partial charge < -0.3 is 9.84 Å². The monoisotopic (exact) mass is 386 g/mol. The molecule has 1 aliphatic rings. The molecule has 0 amide bonds. The van der Waals surface area contributed by atoms with Crippen LogP contribution in [-0.2, 0) is 16.0 Å². The van der Waals surface area contributed by atoms with Gasteiger partial charge in [0.05, 0.1) is 12.0 Å². The number of aliphatic hydroxyl groups is 1. The van der Waals surface area contributed by atoms with Gasteiger partial charge in [-0.15, -0.1) is 0 Å². The van der Waals surface area contributed by atoms with Gasteiger partial charge in [0.25, 0.3) is 0 Å². The van der Waals surface area contributed by atoms with E-state index in [9.17, 15) is 9.90 Å². The van der Waals surface area contributed by atoms with Crippen molar-refractivity contribution >= 4 is 5.97 Å². The Morgan fingerprint density at radius 3 is 2.29 bits per heavy atom. The van der Waals surface area contributed by atoms with E-state index in [1.807, 2.05) is 6.92 Å². The highest BCUT2D eigenvalue weighted by Gasteiger charge is 2.43. The molecular weight excluding hydrogens is 348 g/mol. The van der Waals surface area contributed by atoms with Crippen molar-refractivity contribution < 1.29 is 14.6 Å². The van der Waals surface area contributed by atoms with Gasteiger partial charge in [0.15, 0.2) is 0 Å². The van der Waals surface area contributed by atoms with E-state index >= 15 is 0 Å². The largest absolute Gasteiger partial charge is 0.459 e. The fourth-order valence-electron chi connectivity index (χ4n) is 4.26. The summed E-state index contributed by atoms with van der Waals surface area (Å²) in [5, 5.41) is 10.2. The summed E-state index contributed by atoms with van der Waals surface area (Å²) < 4.78 is 5.52. The summed E-state index contributed by atoms with van der Waals surface area (Å²) in [5.74, 6) is -0.267. The van der Waals surface area contributed by atoms with E-state index < -0.39 is 11.2 Å². The molecule has 1 aromatic carbocycles. The number of rotatable bonds is 12. The maximum Gasteiger partial charge on any atom is 0.309 e. The van der Waals surface area contributed by atoms with Crippen molar-refractivity contribution in [2.45, 2.75) is 102 Å². The maximum atomic E-state index is 11.7. The molecule has 0 aromatic heterocycles. The Bertz CT molecular complexity index is 605. The third-order valence-corrected chi connectivity index (χ3v) is 5.58. The van der Waals surface area contributed by atoms with E-state index in [0.29, 0.717) is 6.42 Å². The number of hydrogen-bond donors (Lipinski definition) is 1. The zero-order valence-corrected chi connectivity index (χ0v) is 17.8. The summed E-state index contributed by atoms with van der Waals surface area (Å²) in [4.78, 5) is 11.7. The molecule has 1 aliphatic heterocycles. The minimum atomic E-state index is -0.917. The van der Waals surface area contributed by atoms with Crippen LogP contribution in [0.25, 0.3) is 0 Å². The van der Waals surface area contributed by atoms with E-state index in [1.165, 1.54) is 50.5 Å². The first-order valence-electron chi connectivity index (χ1n) is 11.0. The topological polar surface area (TPSA) is 46.5 Å². The number of carbonyl (C=O) groups is 1. The van der Waals surface area contributed by atoms with E-state index in [0.717, 1.165) is 19.3 Å². The summed E-state index contributed by atoms with van der Waals surface area (Å²) in [6.07, 6.45) is 16.9. The summed E-state index contributed by atoms with van der Waals surface area (Å²) in [6, 6.07) is 10.6. The van der Waals surface area contributed by atoms with Crippen LogP contribution < -0.4 is 0 Å². The highest BCUT2D eigenvalue weighted by molar-refractivity contribution is 5.72. The Kier molecular flexibility index (Phi) is 9.24. The Morgan fingerprint density at radius 1 is 0.964 bits per heavy atom. The summed E-state index contributed by atoms with van der Waals surface area (Å²) in [6.45, 7) is 3.70. The van der Waals surface area contributed by atoms with Gasteiger partial charge >= 0.3 is 5.97 Å². The number of ether oxygens (including phenoxy) is 1. The van der Waals surface area contributed by atoms with Crippen LogP contribution in [0.1, 0.15) is 90.0 Å². The lowest BCUT2D eigenvalue weighted by Gasteiger charge is -2.40. The molecule has 1 fully saturated rings. The van der Waals surface area contributed by atoms with Crippen LogP contribution in [0.2, 0.25) is 0 Å². The van der Waals surface area contributed by atoms with Crippen LogP contribution in [0, 0.1) is 0 Å². The Labute approximate surface area is 171 Å². The van der Waals surface area contributed by atoms with Crippen molar-refractivity contribution in [3.05, 3.63) is 48.0 Å². The van der Waals surface area contributed by atoms with E-state index in [2.05, 4.69) is 42.5 Å². The minimum Gasteiger partial charge on any atom is -0.459 e. The van der Waals surface area contributed by atoms with Crippen molar-refractivity contribution in [1.29, 1.82) is 0 Å². The molecule has 3 nitrogen and oxygen atoms in total. The molecule has 2 rings (SSSR count). The molecule has 0 bridgehead atoms. The third-order valence-electron chi connectivity index (χ3n) is 5.58. The normalized spacial score (nSPS) is 25.2. The highest BCUT2D eigenvalue weighted by atomic mass is 16.6. The number of benzene rings is 1. The van der Waals surface area contributed by atoms with E-state index in [1.54, 1.807) is 6.92 Å². The second-order valence-corrected chi connectivity index (χ2v) is 8.95. The van der Waals surface area contributed by atoms with Gasteiger partial charge in [0, 0.05) is 6.42 Å². The zero-order valence-electron chi connectivity index (χ0n) is 17.8. The van der Waals surface area contributed by atoms with Crippen molar-refractivity contribution in [3.8, 4) is 0 Å². The van der Waals surface area contributed by atoms with Crippen LogP contribution in [0.3, 0.4) is 0 Å². The smallest absolute Gasteiger partial charge is 0.309 e. The third kappa shape index (κ3) is 9.05. The fraction of sp³-hybridized carbons (Fsp3) is 0.640. The van der Waals surface area contributed by atoms with Crippen LogP contribution in [0.4, 0.5) is 0 Å². The summed E-state index contributed by atoms with van der Waals surface area (Å²) >= 11 is 0. The molecule has 0 radical (unpaired) electrons. The van der Waals surface area contributed by atoms with E-state index in [4.69, 9.17) is 4.74 Å². The van der Waals surface area contributed by atoms with Gasteiger partial charge in [-0.2, -0.15) is 0 Å². The number of unbranched alkanes of at least 4 members (excludes halogenated alkanes) is 7. The van der Waals surface area contributed by atoms with Gasteiger partial charge in [-0.1, -0.05) is 74.6 Å². The first-order valence-corrected chi connectivity index (χ1v) is 11.0. The van der Waals surface area contributed by atoms with Crippen molar-refractivity contribution in [1.82, 2.24) is 0 Å². The lowest BCUT2D eigenvalue weighted by atomic mass is 9.81. The van der Waals surface area contributed by atoms with Gasteiger partial charge in [-0.05, 0) is 51.5 Å². The molecule has 0 aliphatic carbocycles. The number of allylic oxidation sites excluding steroid dienone is 2. The molecule has 0 spiro atoms. The number of esters is 1. The zero-order chi connectivity index (χ0) is 20.3. The molecule has 1 aromatic rings. The second-order valence-electron chi connectivity index (χ2n) is 8.95. The molecule has 1 saturated heterocycles. The molecule has 156 valence electrons. The van der Waals surface area contributed by atoms with Crippen LogP contribution >= 0.6 is 0 Å². The molecule has 2 atom stereocenters. The van der Waals surface area contributed by atoms with Gasteiger partial charge in [0.1, 0.15) is 5.60 Å². The van der Waals surface area contributed by atoms with Crippen molar-refractivity contribution in [2.24, 2.45) is 0 Å². The second kappa shape index (κ2) is 11.4. The first-order chi connectivity index (χ1) is 13.4. The molecule has 0 saturated carbocycles. The van der Waals surface area contributed by atoms with Crippen LogP contribution in [0.5, 0.6) is 0 Å². The standard InChI is InChI=1S/C25H38O3/c1-24(27)20-23(26)28-25(2,21-24)19-15-10-8-6-4-3-5-7-9-12-16-22-17-13-11-14-18-22/h9,11-14,17-18,27H,3-8,10,15-16,19-21H2,1-2H3/t24-,25+/m0/s1. The predicted molar refractivity (Wildman–Crippen MR) is 115 cm³/mol. The summed E-state index contributed by atoms with van der Waals surface area (Å²) in [7, 11) is 0. The molecule has 3 heteroatoms. The first kappa shape index (κ1) is 22.7. The molecular formula is C25H38O3. The lowest BCUT2D eigenvalue weighted by Crippen LogP contribution is -2.48. The van der Waals surface area contributed by atoms with Gasteiger partial charge in [-0.25, -0.2) is 0 Å². The number of carbonyl (C=O) groups excluding carboxylic acids is 1. The highest BCUT2D eigenvalue weighted by Crippen LogP contribution is 2.36. The molecule has 28 heavy (non-hydrogen) atoms. The number of hydrogen-bond acceptors (Lipinski definition) is 3. The predicted octanol–water partition coefficient (Wildman–Crippen LogP) is 6.14. The minimum absolute atomic E-state index is 0.115. The Balaban J connectivity index is 1.44. The maximum absolute atomic E-state index is 11.7. The van der Waals surface area contributed by atoms with Gasteiger partial charge in [0.2, 0.25) is 0 Å². The summed E-state index contributed by atoms with van der Waals surface area (Å²) in [5.41, 5.74) is -0.0379. The van der Waals surface area contributed by atoms with Crippen LogP contribution in [-0.4, -0.2) is 22.3 Å². The Morgan fingerprint density at radius 2 is 1.61 bits per heavy atom. The van der Waals surface area contributed by atoms with E-state index in [-0.39, 0.29) is 12.4 Å².